The molecule has 29 heavy (non-hydrogen) atoms. The summed E-state index contributed by atoms with van der Waals surface area (Å²) in [6.07, 6.45) is 1.94. The van der Waals surface area contributed by atoms with Crippen LogP contribution in [0.2, 0.25) is 0 Å². The van der Waals surface area contributed by atoms with Crippen molar-refractivity contribution < 1.29 is 4.79 Å². The molecule has 1 fully saturated rings. The molecule has 0 spiro atoms. The first-order chi connectivity index (χ1) is 14.0. The van der Waals surface area contributed by atoms with E-state index in [1.807, 2.05) is 32.3 Å². The topological polar surface area (TPSA) is 39.1 Å². The van der Waals surface area contributed by atoms with Crippen molar-refractivity contribution in [1.82, 2.24) is 4.90 Å². The second kappa shape index (κ2) is 8.33. The van der Waals surface area contributed by atoms with Crippen LogP contribution in [0.25, 0.3) is 6.08 Å². The summed E-state index contributed by atoms with van der Waals surface area (Å²) in [6.45, 7) is 5.77. The fourth-order valence-electron chi connectivity index (χ4n) is 3.61. The average Bonchev–Trinajstić information content (AvgIpc) is 3.09. The zero-order valence-electron chi connectivity index (χ0n) is 17.1. The first-order valence-electron chi connectivity index (χ1n) is 9.87. The number of nitrogens with zero attached hydrogens (tertiary/aromatic N) is 4. The van der Waals surface area contributed by atoms with Crippen LogP contribution in [0.3, 0.4) is 0 Å². The fourth-order valence-corrected chi connectivity index (χ4v) is 4.58. The minimum absolute atomic E-state index is 0.136. The lowest BCUT2D eigenvalue weighted by molar-refractivity contribution is -0.113. The number of hydrogen-bond donors (Lipinski definition) is 0. The molecule has 1 saturated heterocycles. The number of anilines is 2. The predicted octanol–water partition coefficient (Wildman–Crippen LogP) is 3.85. The molecule has 2 aliphatic heterocycles. The number of carbonyl (C=O) groups is 1. The van der Waals surface area contributed by atoms with Gasteiger partial charge < -0.3 is 14.7 Å². The summed E-state index contributed by atoms with van der Waals surface area (Å²) in [5.41, 5.74) is 4.76. The van der Waals surface area contributed by atoms with Gasteiger partial charge in [-0.25, -0.2) is 0 Å². The number of benzene rings is 2. The third-order valence-corrected chi connectivity index (χ3v) is 6.37. The van der Waals surface area contributed by atoms with E-state index in [2.05, 4.69) is 63.0 Å². The van der Waals surface area contributed by atoms with Gasteiger partial charge >= 0.3 is 0 Å². The van der Waals surface area contributed by atoms with Crippen molar-refractivity contribution >= 4 is 40.3 Å². The Balaban J connectivity index is 1.39. The van der Waals surface area contributed by atoms with Crippen molar-refractivity contribution in [1.29, 1.82) is 0 Å². The normalized spacial score (nSPS) is 18.4. The number of hydrogen-bond acceptors (Lipinski definition) is 5. The van der Waals surface area contributed by atoms with Gasteiger partial charge in [-0.15, -0.1) is 0 Å². The minimum atomic E-state index is -0.136. The quantitative estimate of drug-likeness (QED) is 0.724. The number of aryl methyl sites for hydroxylation is 1. The van der Waals surface area contributed by atoms with Gasteiger partial charge in [-0.3, -0.25) is 4.79 Å². The van der Waals surface area contributed by atoms with Crippen molar-refractivity contribution in [3.05, 3.63) is 64.6 Å². The van der Waals surface area contributed by atoms with Crippen LogP contribution < -0.4 is 9.80 Å². The maximum atomic E-state index is 12.4. The summed E-state index contributed by atoms with van der Waals surface area (Å²) in [5, 5.41) is 0.829. The van der Waals surface area contributed by atoms with Crippen LogP contribution in [-0.4, -0.2) is 56.2 Å². The third-order valence-electron chi connectivity index (χ3n) is 5.32. The molecule has 0 atom stereocenters. The van der Waals surface area contributed by atoms with Gasteiger partial charge in [0.1, 0.15) is 0 Å². The van der Waals surface area contributed by atoms with Crippen molar-refractivity contribution in [2.75, 3.05) is 50.1 Å². The van der Waals surface area contributed by atoms with Gasteiger partial charge in [0, 0.05) is 51.6 Å². The van der Waals surface area contributed by atoms with Gasteiger partial charge in [-0.2, -0.15) is 4.99 Å². The molecule has 0 aliphatic carbocycles. The highest BCUT2D eigenvalue weighted by atomic mass is 32.2. The molecule has 150 valence electrons. The van der Waals surface area contributed by atoms with Gasteiger partial charge in [0.15, 0.2) is 5.17 Å². The summed E-state index contributed by atoms with van der Waals surface area (Å²) < 4.78 is 0. The molecule has 5 nitrogen and oxygen atoms in total. The van der Waals surface area contributed by atoms with E-state index in [-0.39, 0.29) is 5.91 Å². The molecule has 2 aromatic carbocycles. The van der Waals surface area contributed by atoms with E-state index >= 15 is 0 Å². The molecule has 1 amide bonds. The van der Waals surface area contributed by atoms with Gasteiger partial charge in [0.25, 0.3) is 5.91 Å². The molecule has 0 saturated carbocycles. The van der Waals surface area contributed by atoms with E-state index in [4.69, 9.17) is 0 Å². The largest absolute Gasteiger partial charge is 0.378 e. The first-order valence-corrected chi connectivity index (χ1v) is 10.7. The Kier molecular flexibility index (Phi) is 5.62. The van der Waals surface area contributed by atoms with E-state index in [1.165, 1.54) is 23.0 Å². The summed E-state index contributed by atoms with van der Waals surface area (Å²) in [7, 11) is 4.03. The summed E-state index contributed by atoms with van der Waals surface area (Å²) in [4.78, 5) is 24.1. The van der Waals surface area contributed by atoms with E-state index in [0.29, 0.717) is 4.91 Å². The van der Waals surface area contributed by atoms with Crippen molar-refractivity contribution in [3.63, 3.8) is 0 Å². The Hall–Kier alpha value is -2.73. The smallest absolute Gasteiger partial charge is 0.286 e. The molecule has 2 aromatic rings. The Morgan fingerprint density at radius 2 is 1.62 bits per heavy atom. The van der Waals surface area contributed by atoms with E-state index in [0.717, 1.165) is 42.6 Å². The maximum Gasteiger partial charge on any atom is 0.286 e. The maximum absolute atomic E-state index is 12.4. The van der Waals surface area contributed by atoms with Crippen LogP contribution in [-0.2, 0) is 4.79 Å². The highest BCUT2D eigenvalue weighted by Crippen LogP contribution is 2.31. The van der Waals surface area contributed by atoms with Crippen molar-refractivity contribution in [2.24, 2.45) is 4.99 Å². The monoisotopic (exact) mass is 406 g/mol. The van der Waals surface area contributed by atoms with Crippen molar-refractivity contribution in [3.8, 4) is 0 Å². The number of aliphatic imine (C=N–C) groups is 1. The number of thioether (sulfide) groups is 1. The molecule has 0 unspecified atom stereocenters. The highest BCUT2D eigenvalue weighted by Gasteiger charge is 2.28. The second-order valence-electron chi connectivity index (χ2n) is 7.56. The Bertz CT molecular complexity index is 957. The van der Waals surface area contributed by atoms with Gasteiger partial charge in [-0.1, -0.05) is 30.3 Å². The third kappa shape index (κ3) is 4.32. The van der Waals surface area contributed by atoms with E-state index in [1.54, 1.807) is 0 Å². The molecular weight excluding hydrogens is 380 g/mol. The molecule has 2 heterocycles. The van der Waals surface area contributed by atoms with E-state index in [9.17, 15) is 4.79 Å². The Morgan fingerprint density at radius 1 is 0.966 bits per heavy atom. The van der Waals surface area contributed by atoms with Crippen molar-refractivity contribution in [2.45, 2.75) is 6.92 Å². The molecule has 0 radical (unpaired) electrons. The van der Waals surface area contributed by atoms with Gasteiger partial charge in [-0.05, 0) is 54.1 Å². The van der Waals surface area contributed by atoms with Crippen LogP contribution >= 0.6 is 11.8 Å². The summed E-state index contributed by atoms with van der Waals surface area (Å²) >= 11 is 1.49. The lowest BCUT2D eigenvalue weighted by atomic mass is 10.1. The lowest BCUT2D eigenvalue weighted by Crippen LogP contribution is -2.48. The zero-order valence-corrected chi connectivity index (χ0v) is 17.9. The molecule has 0 aromatic heterocycles. The van der Waals surface area contributed by atoms with E-state index < -0.39 is 0 Å². The lowest BCUT2D eigenvalue weighted by Gasteiger charge is -2.37. The second-order valence-corrected chi connectivity index (χ2v) is 8.57. The first kappa shape index (κ1) is 19.6. The molecular formula is C23H26N4OS. The average molecular weight is 407 g/mol. The molecule has 0 N–H and O–H groups in total. The standard InChI is InChI=1S/C23H26N4OS/c1-17-6-4-5-7-20(17)26-12-14-27(15-13-26)23-24-22(28)21(29-23)16-18-8-10-19(11-9-18)25(2)3/h4-11,16H,12-15H2,1-3H3. The number of rotatable bonds is 3. The number of amides is 1. The minimum Gasteiger partial charge on any atom is -0.378 e. The summed E-state index contributed by atoms with van der Waals surface area (Å²) in [5.74, 6) is -0.136. The SMILES string of the molecule is Cc1ccccc1N1CCN(C2=NC(=O)C(=Cc3ccc(N(C)C)cc3)S2)CC1. The van der Waals surface area contributed by atoms with Crippen LogP contribution in [0.4, 0.5) is 11.4 Å². The van der Waals surface area contributed by atoms with Gasteiger partial charge in [0.2, 0.25) is 0 Å². The van der Waals surface area contributed by atoms with Crippen LogP contribution in [0.5, 0.6) is 0 Å². The number of piperazine rings is 1. The number of para-hydroxylation sites is 1. The Labute approximate surface area is 176 Å². The Morgan fingerprint density at radius 3 is 2.28 bits per heavy atom. The molecule has 0 bridgehead atoms. The molecule has 4 rings (SSSR count). The van der Waals surface area contributed by atoms with Crippen LogP contribution in [0.15, 0.2) is 58.4 Å². The highest BCUT2D eigenvalue weighted by molar-refractivity contribution is 8.18. The van der Waals surface area contributed by atoms with Crippen LogP contribution in [0.1, 0.15) is 11.1 Å². The number of carbonyl (C=O) groups excluding carboxylic acids is 1. The fraction of sp³-hybridized carbons (Fsp3) is 0.304. The van der Waals surface area contributed by atoms with Crippen LogP contribution in [0, 0.1) is 6.92 Å². The molecule has 6 heteroatoms. The van der Waals surface area contributed by atoms with Gasteiger partial charge in [0.05, 0.1) is 4.91 Å². The number of amidine groups is 1. The zero-order chi connectivity index (χ0) is 20.4. The molecule has 2 aliphatic rings. The predicted molar refractivity (Wildman–Crippen MR) is 124 cm³/mol. The summed E-state index contributed by atoms with van der Waals surface area (Å²) in [6, 6.07) is 16.7.